The summed E-state index contributed by atoms with van der Waals surface area (Å²) in [6, 6.07) is 7.31. The SMILES string of the molecule is CC(/C=C/C(=O)NC(C)(CO)C(=O)O)=C\[C@@H](C)C(=O)c1ccc(N(C)C)cc1. The van der Waals surface area contributed by atoms with Gasteiger partial charge < -0.3 is 20.4 Å². The van der Waals surface area contributed by atoms with E-state index in [-0.39, 0.29) is 11.7 Å². The smallest absolute Gasteiger partial charge is 0.331 e. The van der Waals surface area contributed by atoms with Crippen LogP contribution in [0, 0.1) is 5.92 Å². The van der Waals surface area contributed by atoms with Crippen LogP contribution in [0.1, 0.15) is 31.1 Å². The minimum absolute atomic E-state index is 0.0405. The Bertz CT molecular complexity index is 780. The average molecular weight is 388 g/mol. The number of carbonyl (C=O) groups is 3. The number of aliphatic hydroxyl groups is 1. The first-order valence-electron chi connectivity index (χ1n) is 8.84. The number of carboxylic acid groups (broad SMARTS) is 1. The van der Waals surface area contributed by atoms with Gasteiger partial charge in [0.05, 0.1) is 6.61 Å². The van der Waals surface area contributed by atoms with Gasteiger partial charge in [0.15, 0.2) is 11.3 Å². The highest BCUT2D eigenvalue weighted by Crippen LogP contribution is 2.17. The number of benzene rings is 1. The zero-order chi connectivity index (χ0) is 21.5. The summed E-state index contributed by atoms with van der Waals surface area (Å²) in [7, 11) is 3.85. The molecule has 0 aliphatic carbocycles. The lowest BCUT2D eigenvalue weighted by Gasteiger charge is -2.22. The summed E-state index contributed by atoms with van der Waals surface area (Å²) >= 11 is 0. The van der Waals surface area contributed by atoms with Gasteiger partial charge in [-0.25, -0.2) is 4.79 Å². The zero-order valence-electron chi connectivity index (χ0n) is 16.9. The molecule has 152 valence electrons. The minimum atomic E-state index is -1.75. The molecule has 0 bridgehead atoms. The number of nitrogens with zero attached hydrogens (tertiary/aromatic N) is 1. The molecule has 1 unspecified atom stereocenters. The summed E-state index contributed by atoms with van der Waals surface area (Å²) in [5.41, 5.74) is 0.535. The molecule has 7 heteroatoms. The third kappa shape index (κ3) is 6.35. The Kier molecular flexibility index (Phi) is 8.13. The predicted molar refractivity (Wildman–Crippen MR) is 108 cm³/mol. The van der Waals surface area contributed by atoms with Crippen molar-refractivity contribution in [3.8, 4) is 0 Å². The summed E-state index contributed by atoms with van der Waals surface area (Å²) in [6.07, 6.45) is 4.40. The maximum atomic E-state index is 12.5. The maximum Gasteiger partial charge on any atom is 0.331 e. The second kappa shape index (κ2) is 9.85. The summed E-state index contributed by atoms with van der Waals surface area (Å²) in [5.74, 6) is -2.41. The van der Waals surface area contributed by atoms with Crippen LogP contribution in [0.4, 0.5) is 5.69 Å². The van der Waals surface area contributed by atoms with E-state index in [1.54, 1.807) is 32.1 Å². The number of aliphatic carboxylic acids is 1. The van der Waals surface area contributed by atoms with Gasteiger partial charge in [-0.05, 0) is 38.1 Å². The van der Waals surface area contributed by atoms with Gasteiger partial charge in [-0.1, -0.05) is 24.6 Å². The van der Waals surface area contributed by atoms with Crippen molar-refractivity contribution in [2.75, 3.05) is 25.6 Å². The Morgan fingerprint density at radius 2 is 1.75 bits per heavy atom. The number of hydrogen-bond donors (Lipinski definition) is 3. The van der Waals surface area contributed by atoms with Crippen LogP contribution in [0.15, 0.2) is 48.1 Å². The van der Waals surface area contributed by atoms with Crippen molar-refractivity contribution in [2.24, 2.45) is 5.92 Å². The van der Waals surface area contributed by atoms with E-state index in [1.807, 2.05) is 31.1 Å². The topological polar surface area (TPSA) is 107 Å². The molecule has 0 heterocycles. The second-order valence-electron chi connectivity index (χ2n) is 7.12. The van der Waals surface area contributed by atoms with E-state index in [0.29, 0.717) is 11.1 Å². The zero-order valence-corrected chi connectivity index (χ0v) is 16.9. The Hall–Kier alpha value is -2.93. The largest absolute Gasteiger partial charge is 0.479 e. The third-order valence-corrected chi connectivity index (χ3v) is 4.28. The lowest BCUT2D eigenvalue weighted by atomic mass is 9.97. The van der Waals surface area contributed by atoms with Crippen LogP contribution >= 0.6 is 0 Å². The van der Waals surface area contributed by atoms with Gasteiger partial charge in [0.1, 0.15) is 0 Å². The number of hydrogen-bond acceptors (Lipinski definition) is 5. The van der Waals surface area contributed by atoms with Crippen molar-refractivity contribution < 1.29 is 24.6 Å². The molecule has 1 amide bonds. The fourth-order valence-electron chi connectivity index (χ4n) is 2.39. The Labute approximate surface area is 165 Å². The molecule has 0 aromatic heterocycles. The highest BCUT2D eigenvalue weighted by Gasteiger charge is 2.33. The molecular weight excluding hydrogens is 360 g/mol. The lowest BCUT2D eigenvalue weighted by Crippen LogP contribution is -2.54. The van der Waals surface area contributed by atoms with Crippen LogP contribution in [0.5, 0.6) is 0 Å². The van der Waals surface area contributed by atoms with Gasteiger partial charge in [0, 0.05) is 37.3 Å². The summed E-state index contributed by atoms with van der Waals surface area (Å²) < 4.78 is 0. The van der Waals surface area contributed by atoms with Gasteiger partial charge in [0.2, 0.25) is 5.91 Å². The molecule has 0 aliphatic heterocycles. The maximum absolute atomic E-state index is 12.5. The van der Waals surface area contributed by atoms with E-state index in [2.05, 4.69) is 5.32 Å². The number of allylic oxidation sites excluding steroid dienone is 3. The number of nitrogens with one attached hydrogen (secondary N) is 1. The second-order valence-corrected chi connectivity index (χ2v) is 7.12. The molecule has 0 aliphatic rings. The van der Waals surface area contributed by atoms with E-state index >= 15 is 0 Å². The summed E-state index contributed by atoms with van der Waals surface area (Å²) in [5, 5.41) is 20.4. The van der Waals surface area contributed by atoms with Crippen LogP contribution in [-0.2, 0) is 9.59 Å². The van der Waals surface area contributed by atoms with Crippen LogP contribution in [0.3, 0.4) is 0 Å². The van der Waals surface area contributed by atoms with Gasteiger partial charge >= 0.3 is 5.97 Å². The molecule has 0 radical (unpaired) electrons. The Morgan fingerprint density at radius 1 is 1.18 bits per heavy atom. The van der Waals surface area contributed by atoms with E-state index in [4.69, 9.17) is 10.2 Å². The number of ketones is 1. The number of amides is 1. The number of rotatable bonds is 9. The Balaban J connectivity index is 2.78. The van der Waals surface area contributed by atoms with Gasteiger partial charge in [0.25, 0.3) is 0 Å². The van der Waals surface area contributed by atoms with Gasteiger partial charge in [-0.15, -0.1) is 0 Å². The predicted octanol–water partition coefficient (Wildman–Crippen LogP) is 2.03. The molecule has 1 aromatic carbocycles. The number of Topliss-reactive ketones (excluding diaryl/α,β-unsaturated/α-hetero) is 1. The van der Waals surface area contributed by atoms with Crippen molar-refractivity contribution in [1.82, 2.24) is 5.32 Å². The number of carbonyl (C=O) groups excluding carboxylic acids is 2. The molecule has 7 nitrogen and oxygen atoms in total. The normalized spacial score (nSPS) is 15.0. The summed E-state index contributed by atoms with van der Waals surface area (Å²) in [6.45, 7) is 4.00. The fourth-order valence-corrected chi connectivity index (χ4v) is 2.39. The minimum Gasteiger partial charge on any atom is -0.479 e. The van der Waals surface area contributed by atoms with Crippen molar-refractivity contribution in [1.29, 1.82) is 0 Å². The first-order chi connectivity index (χ1) is 13.0. The summed E-state index contributed by atoms with van der Waals surface area (Å²) in [4.78, 5) is 37.5. The molecule has 0 saturated carbocycles. The fraction of sp³-hybridized carbons (Fsp3) is 0.381. The number of carboxylic acids is 1. The molecule has 3 N–H and O–H groups in total. The van der Waals surface area contributed by atoms with E-state index in [0.717, 1.165) is 5.69 Å². The Morgan fingerprint density at radius 3 is 2.21 bits per heavy atom. The van der Waals surface area contributed by atoms with Crippen LogP contribution < -0.4 is 10.2 Å². The molecular formula is C21H28N2O5. The van der Waals surface area contributed by atoms with Crippen LogP contribution in [-0.4, -0.2) is 54.1 Å². The van der Waals surface area contributed by atoms with Crippen molar-refractivity contribution in [3.63, 3.8) is 0 Å². The standard InChI is InChI=1S/C21H28N2O5/c1-14(6-11-18(25)22-21(3,13-24)20(27)28)12-15(2)19(26)16-7-9-17(10-8-16)23(4)5/h6-12,15,24H,13H2,1-5H3,(H,22,25)(H,27,28)/b11-6+,14-12+/t15-,21?/m1/s1. The molecule has 1 rings (SSSR count). The van der Waals surface area contributed by atoms with E-state index < -0.39 is 24.0 Å². The number of aliphatic hydroxyl groups excluding tert-OH is 1. The van der Waals surface area contributed by atoms with E-state index in [9.17, 15) is 14.4 Å². The lowest BCUT2D eigenvalue weighted by molar-refractivity contribution is -0.148. The average Bonchev–Trinajstić information content (AvgIpc) is 2.65. The highest BCUT2D eigenvalue weighted by molar-refractivity contribution is 5.99. The van der Waals surface area contributed by atoms with Crippen molar-refractivity contribution >= 4 is 23.3 Å². The van der Waals surface area contributed by atoms with Crippen molar-refractivity contribution in [2.45, 2.75) is 26.3 Å². The number of anilines is 1. The molecule has 0 spiro atoms. The van der Waals surface area contributed by atoms with Gasteiger partial charge in [-0.3, -0.25) is 9.59 Å². The molecule has 1 aromatic rings. The molecule has 2 atom stereocenters. The molecule has 0 fully saturated rings. The highest BCUT2D eigenvalue weighted by atomic mass is 16.4. The monoisotopic (exact) mass is 388 g/mol. The molecule has 28 heavy (non-hydrogen) atoms. The first-order valence-corrected chi connectivity index (χ1v) is 8.84. The van der Waals surface area contributed by atoms with Gasteiger partial charge in [-0.2, -0.15) is 0 Å². The van der Waals surface area contributed by atoms with Crippen LogP contribution in [0.25, 0.3) is 0 Å². The first kappa shape index (κ1) is 23.1. The van der Waals surface area contributed by atoms with E-state index in [1.165, 1.54) is 19.1 Å². The quantitative estimate of drug-likeness (QED) is 0.339. The third-order valence-electron chi connectivity index (χ3n) is 4.28. The van der Waals surface area contributed by atoms with Crippen LogP contribution in [0.2, 0.25) is 0 Å². The van der Waals surface area contributed by atoms with Crippen molar-refractivity contribution in [3.05, 3.63) is 53.6 Å². The molecule has 0 saturated heterocycles.